The summed E-state index contributed by atoms with van der Waals surface area (Å²) in [5.41, 5.74) is 8.57. The van der Waals surface area contributed by atoms with Crippen LogP contribution in [0.3, 0.4) is 0 Å². The van der Waals surface area contributed by atoms with Gasteiger partial charge in [-0.3, -0.25) is 9.59 Å². The van der Waals surface area contributed by atoms with E-state index in [1.54, 1.807) is 24.3 Å². The van der Waals surface area contributed by atoms with Crippen LogP contribution in [0.15, 0.2) is 24.3 Å². The molecule has 0 unspecified atom stereocenters. The third kappa shape index (κ3) is 7.37. The van der Waals surface area contributed by atoms with Crippen LogP contribution >= 0.6 is 12.2 Å². The zero-order valence-electron chi connectivity index (χ0n) is 17.0. The van der Waals surface area contributed by atoms with Gasteiger partial charge in [-0.05, 0) is 50.5 Å². The van der Waals surface area contributed by atoms with Crippen molar-refractivity contribution in [2.45, 2.75) is 38.6 Å². The van der Waals surface area contributed by atoms with Gasteiger partial charge in [0.05, 0.1) is 0 Å². The molecule has 7 N–H and O–H groups in total. The number of hydrogen-bond donors (Lipinski definition) is 6. The molecule has 1 heterocycles. The number of rotatable bonds is 11. The quantitative estimate of drug-likeness (QED) is 0.223. The van der Waals surface area contributed by atoms with Gasteiger partial charge >= 0.3 is 11.9 Å². The lowest BCUT2D eigenvalue weighted by atomic mass is 10.1. The maximum absolute atomic E-state index is 12.3. The van der Waals surface area contributed by atoms with Crippen LogP contribution in [0.2, 0.25) is 0 Å². The number of carbonyl (C=O) groups excluding carboxylic acids is 1. The van der Waals surface area contributed by atoms with Gasteiger partial charge in [-0.1, -0.05) is 12.2 Å². The van der Waals surface area contributed by atoms with E-state index in [1.807, 2.05) is 6.92 Å². The summed E-state index contributed by atoms with van der Waals surface area (Å²) in [5.74, 6) is -2.69. The van der Waals surface area contributed by atoms with Crippen molar-refractivity contribution in [3.05, 3.63) is 45.7 Å². The standard InChI is InChI=1S/C20H25N5O5S/c1-11-14(18(31)25-20(21)23-11)3-2-10-22-13-6-4-12(5-7-13)17(28)24-15(19(29)30)8-9-16(26)27/h4-7,15,22H,2-3,8-10H2,1H3,(H,24,28)(H,26,27)(H,29,30)(H3,21,23,25,31)/t15-/m0/s1. The van der Waals surface area contributed by atoms with E-state index in [-0.39, 0.29) is 18.4 Å². The number of carboxylic acids is 2. The Morgan fingerprint density at radius 2 is 1.90 bits per heavy atom. The molecule has 0 radical (unpaired) electrons. The number of benzene rings is 1. The molecule has 0 aliphatic carbocycles. The van der Waals surface area contributed by atoms with Gasteiger partial charge in [0.25, 0.3) is 5.91 Å². The number of carbonyl (C=O) groups is 3. The van der Waals surface area contributed by atoms with Gasteiger partial charge in [0.15, 0.2) is 5.95 Å². The Morgan fingerprint density at radius 1 is 1.23 bits per heavy atom. The van der Waals surface area contributed by atoms with Crippen molar-refractivity contribution >= 4 is 41.7 Å². The van der Waals surface area contributed by atoms with E-state index >= 15 is 0 Å². The first-order valence-electron chi connectivity index (χ1n) is 9.62. The number of nitrogens with zero attached hydrogens (tertiary/aromatic N) is 1. The average molecular weight is 448 g/mol. The molecule has 1 amide bonds. The molecule has 11 heteroatoms. The Hall–Kier alpha value is -3.47. The van der Waals surface area contributed by atoms with E-state index in [9.17, 15) is 14.4 Å². The molecule has 10 nitrogen and oxygen atoms in total. The third-order valence-corrected chi connectivity index (χ3v) is 4.92. The van der Waals surface area contributed by atoms with Gasteiger partial charge in [-0.2, -0.15) is 0 Å². The van der Waals surface area contributed by atoms with Crippen LogP contribution in [-0.4, -0.2) is 50.6 Å². The summed E-state index contributed by atoms with van der Waals surface area (Å²) >= 11 is 5.25. The molecule has 1 atom stereocenters. The fourth-order valence-corrected chi connectivity index (χ4v) is 3.28. The molecule has 1 aromatic heterocycles. The van der Waals surface area contributed by atoms with Crippen molar-refractivity contribution in [3.63, 3.8) is 0 Å². The van der Waals surface area contributed by atoms with Crippen molar-refractivity contribution < 1.29 is 24.6 Å². The number of nitrogens with two attached hydrogens (primary N) is 1. The van der Waals surface area contributed by atoms with E-state index in [0.717, 1.165) is 29.8 Å². The molecule has 1 aromatic carbocycles. The number of amides is 1. The summed E-state index contributed by atoms with van der Waals surface area (Å²) in [7, 11) is 0. The number of aromatic nitrogens is 2. The van der Waals surface area contributed by atoms with Crippen LogP contribution in [0, 0.1) is 11.6 Å². The van der Waals surface area contributed by atoms with Gasteiger partial charge < -0.3 is 31.6 Å². The summed E-state index contributed by atoms with van der Waals surface area (Å²) in [4.78, 5) is 41.1. The van der Waals surface area contributed by atoms with E-state index in [2.05, 4.69) is 20.6 Å². The molecular formula is C20H25N5O5S. The van der Waals surface area contributed by atoms with Crippen LogP contribution in [0.4, 0.5) is 11.6 Å². The number of carboxylic acid groups (broad SMARTS) is 2. The molecule has 0 spiro atoms. The second-order valence-electron chi connectivity index (χ2n) is 6.94. The van der Waals surface area contributed by atoms with Crippen LogP contribution in [0.5, 0.6) is 0 Å². The summed E-state index contributed by atoms with van der Waals surface area (Å²) in [6.45, 7) is 2.57. The lowest BCUT2D eigenvalue weighted by Crippen LogP contribution is -2.41. The van der Waals surface area contributed by atoms with Gasteiger partial charge in [-0.15, -0.1) is 0 Å². The minimum Gasteiger partial charge on any atom is -0.481 e. The molecule has 2 rings (SSSR count). The number of hydrogen-bond acceptors (Lipinski definition) is 7. The fourth-order valence-electron chi connectivity index (χ4n) is 2.93. The van der Waals surface area contributed by atoms with Crippen molar-refractivity contribution in [3.8, 4) is 0 Å². The highest BCUT2D eigenvalue weighted by Crippen LogP contribution is 2.13. The minimum absolute atomic E-state index is 0.192. The van der Waals surface area contributed by atoms with Gasteiger partial charge in [0, 0.05) is 35.5 Å². The van der Waals surface area contributed by atoms with Gasteiger partial charge in [-0.25, -0.2) is 9.78 Å². The van der Waals surface area contributed by atoms with E-state index < -0.39 is 23.9 Å². The fraction of sp³-hybridized carbons (Fsp3) is 0.350. The second-order valence-corrected chi connectivity index (χ2v) is 7.32. The molecule has 0 aliphatic heterocycles. The number of anilines is 2. The topological polar surface area (TPSA) is 170 Å². The first-order valence-corrected chi connectivity index (χ1v) is 10.0. The van der Waals surface area contributed by atoms with E-state index in [4.69, 9.17) is 28.2 Å². The Balaban J connectivity index is 1.86. The smallest absolute Gasteiger partial charge is 0.326 e. The zero-order chi connectivity index (χ0) is 23.0. The number of aryl methyl sites for hydroxylation is 1. The van der Waals surface area contributed by atoms with Crippen LogP contribution < -0.4 is 16.4 Å². The Kier molecular flexibility index (Phi) is 8.50. The number of aromatic amines is 1. The van der Waals surface area contributed by atoms with Crippen LogP contribution in [0.25, 0.3) is 0 Å². The average Bonchev–Trinajstić information content (AvgIpc) is 2.69. The van der Waals surface area contributed by atoms with Gasteiger partial charge in [0.1, 0.15) is 10.7 Å². The highest BCUT2D eigenvalue weighted by Gasteiger charge is 2.21. The summed E-state index contributed by atoms with van der Waals surface area (Å²) in [6, 6.07) is 5.30. The summed E-state index contributed by atoms with van der Waals surface area (Å²) in [6.07, 6.45) is 0.991. The summed E-state index contributed by atoms with van der Waals surface area (Å²) < 4.78 is 0.493. The Labute approximate surface area is 183 Å². The molecule has 0 fully saturated rings. The van der Waals surface area contributed by atoms with Crippen molar-refractivity contribution in [2.24, 2.45) is 0 Å². The monoisotopic (exact) mass is 447 g/mol. The van der Waals surface area contributed by atoms with Crippen LogP contribution in [0.1, 0.15) is 40.9 Å². The molecule has 31 heavy (non-hydrogen) atoms. The lowest BCUT2D eigenvalue weighted by molar-refractivity contribution is -0.140. The van der Waals surface area contributed by atoms with E-state index in [1.165, 1.54) is 0 Å². The Morgan fingerprint density at radius 3 is 2.48 bits per heavy atom. The highest BCUT2D eigenvalue weighted by molar-refractivity contribution is 7.71. The zero-order valence-corrected chi connectivity index (χ0v) is 17.8. The predicted molar refractivity (Wildman–Crippen MR) is 118 cm³/mol. The van der Waals surface area contributed by atoms with Gasteiger partial charge in [0.2, 0.25) is 0 Å². The second kappa shape index (κ2) is 11.1. The van der Waals surface area contributed by atoms with Crippen LogP contribution in [-0.2, 0) is 16.0 Å². The maximum atomic E-state index is 12.3. The third-order valence-electron chi connectivity index (χ3n) is 4.58. The molecule has 0 bridgehead atoms. The number of aliphatic carboxylic acids is 2. The molecule has 166 valence electrons. The lowest BCUT2D eigenvalue weighted by Gasteiger charge is -2.14. The molecule has 0 aliphatic rings. The summed E-state index contributed by atoms with van der Waals surface area (Å²) in [5, 5.41) is 23.4. The van der Waals surface area contributed by atoms with Crippen molar-refractivity contribution in [1.82, 2.24) is 15.3 Å². The molecule has 2 aromatic rings. The van der Waals surface area contributed by atoms with Crippen molar-refractivity contribution in [1.29, 1.82) is 0 Å². The first kappa shape index (κ1) is 23.8. The van der Waals surface area contributed by atoms with Crippen molar-refractivity contribution in [2.75, 3.05) is 17.6 Å². The molecular weight excluding hydrogens is 422 g/mol. The maximum Gasteiger partial charge on any atom is 0.326 e. The Bertz CT molecular complexity index is 1010. The highest BCUT2D eigenvalue weighted by atomic mass is 32.1. The first-order chi connectivity index (χ1) is 14.7. The predicted octanol–water partition coefficient (Wildman–Crippen LogP) is 2.12. The number of H-pyrrole nitrogens is 1. The minimum atomic E-state index is -1.28. The number of nitrogens with one attached hydrogen (secondary N) is 3. The number of nitrogen functional groups attached to an aromatic ring is 1. The molecule has 0 saturated heterocycles. The normalized spacial score (nSPS) is 11.5. The molecule has 0 saturated carbocycles. The largest absolute Gasteiger partial charge is 0.481 e. The SMILES string of the molecule is Cc1[nH]c(N)nc(=S)c1CCCNc1ccc(C(=O)N[C@@H](CCC(=O)O)C(=O)O)cc1. The van der Waals surface area contributed by atoms with E-state index in [0.29, 0.717) is 17.1 Å².